The number of nitrogens with zero attached hydrogens (tertiary/aromatic N) is 4. The van der Waals surface area contributed by atoms with Crippen LogP contribution in [0.1, 0.15) is 24.3 Å². The number of anilines is 1. The molecule has 4 heterocycles. The highest BCUT2D eigenvalue weighted by atomic mass is 16.5. The van der Waals surface area contributed by atoms with Gasteiger partial charge in [-0.1, -0.05) is 5.92 Å². The van der Waals surface area contributed by atoms with Crippen LogP contribution in [0.15, 0.2) is 41.1 Å². The van der Waals surface area contributed by atoms with Crippen molar-refractivity contribution in [3.8, 4) is 17.6 Å². The van der Waals surface area contributed by atoms with E-state index in [1.165, 1.54) is 0 Å². The number of piperidine rings is 1. The number of oxazole rings is 1. The Balaban J connectivity index is 1.39. The first-order valence-corrected chi connectivity index (χ1v) is 10.8. The normalized spacial score (nSPS) is 18.0. The van der Waals surface area contributed by atoms with Crippen molar-refractivity contribution in [3.05, 3.63) is 48.1 Å². The van der Waals surface area contributed by atoms with E-state index in [1.54, 1.807) is 19.5 Å². The first kappa shape index (κ1) is 19.9. The molecule has 2 aromatic heterocycles. The lowest BCUT2D eigenvalue weighted by atomic mass is 10.0. The van der Waals surface area contributed by atoms with Gasteiger partial charge in [0.15, 0.2) is 11.1 Å². The number of hydrogen-bond acceptors (Lipinski definition) is 7. The number of rotatable bonds is 3. The molecule has 0 saturated carbocycles. The van der Waals surface area contributed by atoms with Crippen LogP contribution in [-0.4, -0.2) is 67.4 Å². The fraction of sp³-hybridized carbons (Fsp3) is 0.417. The van der Waals surface area contributed by atoms with Gasteiger partial charge in [-0.3, -0.25) is 9.88 Å². The van der Waals surface area contributed by atoms with Gasteiger partial charge in [0, 0.05) is 50.2 Å². The number of methoxy groups -OCH3 is 1. The number of benzene rings is 1. The van der Waals surface area contributed by atoms with Gasteiger partial charge in [0.05, 0.1) is 26.0 Å². The zero-order valence-corrected chi connectivity index (χ0v) is 17.7. The van der Waals surface area contributed by atoms with E-state index in [1.807, 2.05) is 18.2 Å². The summed E-state index contributed by atoms with van der Waals surface area (Å²) in [7, 11) is 1.65. The molecule has 5 rings (SSSR count). The van der Waals surface area contributed by atoms with Crippen molar-refractivity contribution in [3.63, 3.8) is 0 Å². The van der Waals surface area contributed by atoms with Crippen molar-refractivity contribution in [2.45, 2.75) is 18.9 Å². The fourth-order valence-electron chi connectivity index (χ4n) is 4.41. The van der Waals surface area contributed by atoms with Gasteiger partial charge in [-0.15, -0.1) is 0 Å². The molecule has 7 nitrogen and oxygen atoms in total. The highest BCUT2D eigenvalue weighted by Gasteiger charge is 2.27. The van der Waals surface area contributed by atoms with Gasteiger partial charge in [0.25, 0.3) is 5.89 Å². The molecule has 31 heavy (non-hydrogen) atoms. The molecule has 0 N–H and O–H groups in total. The highest BCUT2D eigenvalue weighted by molar-refractivity contribution is 5.91. The average Bonchev–Trinajstić information content (AvgIpc) is 3.28. The molecule has 2 aliphatic rings. The Hall–Kier alpha value is -3.08. The number of ether oxygens (including phenoxy) is 2. The third kappa shape index (κ3) is 4.22. The molecular weight excluding hydrogens is 392 g/mol. The predicted octanol–water partition coefficient (Wildman–Crippen LogP) is 2.93. The van der Waals surface area contributed by atoms with E-state index in [9.17, 15) is 0 Å². The standard InChI is InChI=1S/C24H26N4O3/c1-29-21-6-5-20(28-11-8-19(9-12-28)27-13-15-30-16-14-27)24-23(21)26-22(31-24)7-4-18-3-2-10-25-17-18/h2-3,5-6,10,17,19H,8-9,11-16H2,1H3. The summed E-state index contributed by atoms with van der Waals surface area (Å²) >= 11 is 0. The Kier molecular flexibility index (Phi) is 5.74. The zero-order valence-electron chi connectivity index (χ0n) is 17.7. The molecule has 0 unspecified atom stereocenters. The van der Waals surface area contributed by atoms with Gasteiger partial charge in [-0.25, -0.2) is 0 Å². The van der Waals surface area contributed by atoms with Gasteiger partial charge in [0.2, 0.25) is 0 Å². The Morgan fingerprint density at radius 1 is 1.06 bits per heavy atom. The Bertz CT molecular complexity index is 1090. The third-order valence-corrected chi connectivity index (χ3v) is 6.05. The van der Waals surface area contributed by atoms with Crippen LogP contribution in [0.4, 0.5) is 5.69 Å². The second-order valence-electron chi connectivity index (χ2n) is 7.84. The number of aromatic nitrogens is 2. The largest absolute Gasteiger partial charge is 0.494 e. The smallest absolute Gasteiger partial charge is 0.274 e. The molecule has 0 atom stereocenters. The monoisotopic (exact) mass is 418 g/mol. The average molecular weight is 418 g/mol. The van der Waals surface area contributed by atoms with Crippen LogP contribution in [0, 0.1) is 11.8 Å². The summed E-state index contributed by atoms with van der Waals surface area (Å²) in [4.78, 5) is 13.7. The SMILES string of the molecule is COc1ccc(N2CCC(N3CCOCC3)CC2)c2oc(C#Cc3cccnc3)nc12. The van der Waals surface area contributed by atoms with Crippen molar-refractivity contribution in [2.24, 2.45) is 0 Å². The molecular formula is C24H26N4O3. The second-order valence-corrected chi connectivity index (χ2v) is 7.84. The molecule has 0 spiro atoms. The highest BCUT2D eigenvalue weighted by Crippen LogP contribution is 2.35. The van der Waals surface area contributed by atoms with Crippen molar-refractivity contribution < 1.29 is 13.9 Å². The van der Waals surface area contributed by atoms with E-state index in [4.69, 9.17) is 13.9 Å². The Morgan fingerprint density at radius 2 is 1.90 bits per heavy atom. The molecule has 1 aromatic carbocycles. The maximum Gasteiger partial charge on any atom is 0.274 e. The number of pyridine rings is 1. The maximum atomic E-state index is 6.11. The van der Waals surface area contributed by atoms with Crippen LogP contribution in [0.3, 0.4) is 0 Å². The summed E-state index contributed by atoms with van der Waals surface area (Å²) < 4.78 is 17.1. The molecule has 160 valence electrons. The van der Waals surface area contributed by atoms with Gasteiger partial charge >= 0.3 is 0 Å². The number of fused-ring (bicyclic) bond motifs is 1. The van der Waals surface area contributed by atoms with Crippen LogP contribution < -0.4 is 9.64 Å². The lowest BCUT2D eigenvalue weighted by Crippen LogP contribution is -2.49. The molecule has 0 amide bonds. The maximum absolute atomic E-state index is 6.11. The van der Waals surface area contributed by atoms with E-state index >= 15 is 0 Å². The molecule has 3 aromatic rings. The molecule has 2 saturated heterocycles. The molecule has 2 fully saturated rings. The predicted molar refractivity (Wildman–Crippen MR) is 118 cm³/mol. The fourth-order valence-corrected chi connectivity index (χ4v) is 4.41. The van der Waals surface area contributed by atoms with Crippen molar-refractivity contribution in [1.82, 2.24) is 14.9 Å². The lowest BCUT2D eigenvalue weighted by Gasteiger charge is -2.40. The topological polar surface area (TPSA) is 63.9 Å². The molecule has 0 radical (unpaired) electrons. The zero-order chi connectivity index (χ0) is 21.0. The van der Waals surface area contributed by atoms with Crippen LogP contribution in [0.5, 0.6) is 5.75 Å². The van der Waals surface area contributed by atoms with E-state index in [0.29, 0.717) is 23.2 Å². The van der Waals surface area contributed by atoms with Crippen LogP contribution in [0.2, 0.25) is 0 Å². The van der Waals surface area contributed by atoms with E-state index in [-0.39, 0.29) is 0 Å². The second kappa shape index (κ2) is 8.96. The number of hydrogen-bond donors (Lipinski definition) is 0. The molecule has 7 heteroatoms. The first-order chi connectivity index (χ1) is 15.3. The van der Waals surface area contributed by atoms with Gasteiger partial charge in [-0.05, 0) is 43.0 Å². The minimum absolute atomic E-state index is 0.382. The molecule has 0 aliphatic carbocycles. The van der Waals surface area contributed by atoms with Crippen molar-refractivity contribution in [2.75, 3.05) is 51.4 Å². The summed E-state index contributed by atoms with van der Waals surface area (Å²) in [6.45, 7) is 5.75. The Labute approximate surface area is 182 Å². The van der Waals surface area contributed by atoms with Crippen LogP contribution >= 0.6 is 0 Å². The Morgan fingerprint density at radius 3 is 2.65 bits per heavy atom. The van der Waals surface area contributed by atoms with Crippen molar-refractivity contribution >= 4 is 16.8 Å². The quantitative estimate of drug-likeness (QED) is 0.606. The summed E-state index contributed by atoms with van der Waals surface area (Å²) in [5.41, 5.74) is 3.32. The van der Waals surface area contributed by atoms with Gasteiger partial charge < -0.3 is 18.8 Å². The molecule has 0 bridgehead atoms. The summed E-state index contributed by atoms with van der Waals surface area (Å²) in [5, 5.41) is 0. The van der Waals surface area contributed by atoms with E-state index in [2.05, 4.69) is 37.7 Å². The van der Waals surface area contributed by atoms with Crippen molar-refractivity contribution in [1.29, 1.82) is 0 Å². The van der Waals surface area contributed by atoms with Gasteiger partial charge in [-0.2, -0.15) is 4.98 Å². The third-order valence-electron chi connectivity index (χ3n) is 6.05. The lowest BCUT2D eigenvalue weighted by molar-refractivity contribution is 0.0115. The number of morpholine rings is 1. The molecule has 2 aliphatic heterocycles. The first-order valence-electron chi connectivity index (χ1n) is 10.8. The van der Waals surface area contributed by atoms with Crippen LogP contribution in [-0.2, 0) is 4.74 Å². The van der Waals surface area contributed by atoms with E-state index in [0.717, 1.165) is 69.1 Å². The summed E-state index contributed by atoms with van der Waals surface area (Å²) in [6.07, 6.45) is 5.72. The van der Waals surface area contributed by atoms with E-state index < -0.39 is 0 Å². The van der Waals surface area contributed by atoms with Crippen LogP contribution in [0.25, 0.3) is 11.1 Å². The van der Waals surface area contributed by atoms with Gasteiger partial charge in [0.1, 0.15) is 5.75 Å². The summed E-state index contributed by atoms with van der Waals surface area (Å²) in [6, 6.07) is 8.43. The minimum Gasteiger partial charge on any atom is -0.494 e. The summed E-state index contributed by atoms with van der Waals surface area (Å²) in [5.74, 6) is 7.16. The minimum atomic E-state index is 0.382.